The second-order valence-electron chi connectivity index (χ2n) is 4.75. The minimum Gasteiger partial charge on any atom is -0.462 e. The lowest BCUT2D eigenvalue weighted by Gasteiger charge is -2.30. The maximum Gasteiger partial charge on any atom is 0.341 e. The molecule has 0 amide bonds. The summed E-state index contributed by atoms with van der Waals surface area (Å²) in [7, 11) is 0. The highest BCUT2D eigenvalue weighted by molar-refractivity contribution is 5.90. The number of carbonyl (C=O) groups is 1. The highest BCUT2D eigenvalue weighted by atomic mass is 35.5. The first-order valence-corrected chi connectivity index (χ1v) is 6.47. The van der Waals surface area contributed by atoms with Gasteiger partial charge in [-0.1, -0.05) is 0 Å². The van der Waals surface area contributed by atoms with E-state index in [1.807, 2.05) is 0 Å². The zero-order valence-electron chi connectivity index (χ0n) is 11.7. The molecule has 0 spiro atoms. The van der Waals surface area contributed by atoms with E-state index in [4.69, 9.17) is 0 Å². The molecule has 22 heavy (non-hydrogen) atoms. The summed E-state index contributed by atoms with van der Waals surface area (Å²) in [6.45, 7) is 1.14. The Kier molecular flexibility index (Phi) is 6.18. The van der Waals surface area contributed by atoms with Crippen molar-refractivity contribution in [3.05, 3.63) is 17.5 Å². The molecule has 2 rings (SSSR count). The second kappa shape index (κ2) is 7.28. The maximum atomic E-state index is 13.4. The molecular formula is C12H16ClF4N3O2. The molecular weight excluding hydrogens is 330 g/mol. The summed E-state index contributed by atoms with van der Waals surface area (Å²) < 4.78 is 58.6. The molecule has 0 radical (unpaired) electrons. The lowest BCUT2D eigenvalue weighted by molar-refractivity contribution is -0.0397. The van der Waals surface area contributed by atoms with E-state index in [1.54, 1.807) is 0 Å². The first-order valence-electron chi connectivity index (χ1n) is 6.47. The molecule has 1 unspecified atom stereocenters. The fourth-order valence-corrected chi connectivity index (χ4v) is 2.33. The second-order valence-corrected chi connectivity index (χ2v) is 4.75. The van der Waals surface area contributed by atoms with Crippen molar-refractivity contribution < 1.29 is 27.1 Å². The number of halogens is 5. The number of hydrogen-bond acceptors (Lipinski definition) is 4. The zero-order chi connectivity index (χ0) is 15.6. The quantitative estimate of drug-likeness (QED) is 0.673. The van der Waals surface area contributed by atoms with E-state index in [1.165, 1.54) is 6.92 Å². The van der Waals surface area contributed by atoms with E-state index >= 15 is 0 Å². The fourth-order valence-electron chi connectivity index (χ4n) is 2.33. The van der Waals surface area contributed by atoms with Crippen molar-refractivity contribution in [1.29, 1.82) is 0 Å². The number of piperidine rings is 1. The Balaban J connectivity index is 0.00000242. The van der Waals surface area contributed by atoms with Crippen molar-refractivity contribution >= 4 is 18.4 Å². The minimum atomic E-state index is -3.01. The van der Waals surface area contributed by atoms with Crippen LogP contribution in [0.2, 0.25) is 0 Å². The van der Waals surface area contributed by atoms with Gasteiger partial charge in [-0.2, -0.15) is 5.10 Å². The fraction of sp³-hybridized carbons (Fsp3) is 0.667. The average molecular weight is 346 g/mol. The molecule has 1 saturated heterocycles. The summed E-state index contributed by atoms with van der Waals surface area (Å²) in [6, 6.07) is -0.944. The molecule has 10 heteroatoms. The molecule has 1 aliphatic heterocycles. The van der Waals surface area contributed by atoms with Gasteiger partial charge in [-0.3, -0.25) is 4.68 Å². The van der Waals surface area contributed by atoms with E-state index in [0.717, 1.165) is 10.9 Å². The number of esters is 1. The lowest BCUT2D eigenvalue weighted by atomic mass is 10.0. The Bertz CT molecular complexity index is 524. The molecule has 0 aliphatic carbocycles. The van der Waals surface area contributed by atoms with Gasteiger partial charge in [-0.25, -0.2) is 22.4 Å². The molecule has 0 saturated carbocycles. The smallest absolute Gasteiger partial charge is 0.341 e. The van der Waals surface area contributed by atoms with E-state index in [2.05, 4.69) is 15.2 Å². The summed E-state index contributed by atoms with van der Waals surface area (Å²) in [5.41, 5.74) is -1.07. The summed E-state index contributed by atoms with van der Waals surface area (Å²) >= 11 is 0. The van der Waals surface area contributed by atoms with E-state index in [9.17, 15) is 22.4 Å². The van der Waals surface area contributed by atoms with Crippen LogP contribution in [0.5, 0.6) is 0 Å². The van der Waals surface area contributed by atoms with Gasteiger partial charge in [-0.05, 0) is 6.92 Å². The molecule has 1 aromatic heterocycles. The van der Waals surface area contributed by atoms with Crippen LogP contribution in [0.15, 0.2) is 6.20 Å². The Hall–Kier alpha value is -1.35. The largest absolute Gasteiger partial charge is 0.462 e. The van der Waals surface area contributed by atoms with Crippen LogP contribution in [0.4, 0.5) is 17.6 Å². The van der Waals surface area contributed by atoms with Crippen molar-refractivity contribution in [2.75, 3.05) is 19.7 Å². The monoisotopic (exact) mass is 345 g/mol. The van der Waals surface area contributed by atoms with Crippen molar-refractivity contribution in [1.82, 2.24) is 15.1 Å². The predicted octanol–water partition coefficient (Wildman–Crippen LogP) is 2.59. The topological polar surface area (TPSA) is 56.1 Å². The molecule has 1 aromatic rings. The zero-order valence-corrected chi connectivity index (χ0v) is 12.5. The summed E-state index contributed by atoms with van der Waals surface area (Å²) in [5.74, 6) is -3.94. The molecule has 1 N–H and O–H groups in total. The highest BCUT2D eigenvalue weighted by Gasteiger charge is 2.39. The molecule has 126 valence electrons. The molecule has 2 heterocycles. The number of ether oxygens (including phenoxy) is 1. The number of rotatable bonds is 4. The van der Waals surface area contributed by atoms with Gasteiger partial charge in [0, 0.05) is 13.0 Å². The SMILES string of the molecule is CCOC(=O)c1cnn(C2CNCC(F)(F)C2)c1C(F)F.Cl. The van der Waals surface area contributed by atoms with Gasteiger partial charge in [0.25, 0.3) is 12.3 Å². The van der Waals surface area contributed by atoms with Crippen LogP contribution in [0, 0.1) is 0 Å². The summed E-state index contributed by atoms with van der Waals surface area (Å²) in [5, 5.41) is 6.17. The molecule has 1 atom stereocenters. The van der Waals surface area contributed by atoms with Crippen molar-refractivity contribution in [2.45, 2.75) is 31.7 Å². The summed E-state index contributed by atoms with van der Waals surface area (Å²) in [4.78, 5) is 11.6. The summed E-state index contributed by atoms with van der Waals surface area (Å²) in [6.07, 6.45) is -2.68. The van der Waals surface area contributed by atoms with Gasteiger partial charge < -0.3 is 10.1 Å². The number of aromatic nitrogens is 2. The standard InChI is InChI=1S/C12H15F4N3O2.ClH/c1-2-21-11(20)8-5-18-19(9(8)10(13)14)7-3-12(15,16)6-17-4-7;/h5,7,10,17H,2-4,6H2,1H3;1H. The first-order chi connectivity index (χ1) is 9.85. The van der Waals surface area contributed by atoms with Gasteiger partial charge in [0.05, 0.1) is 25.4 Å². The Morgan fingerprint density at radius 1 is 1.59 bits per heavy atom. The lowest BCUT2D eigenvalue weighted by Crippen LogP contribution is -2.45. The molecule has 1 fully saturated rings. The van der Waals surface area contributed by atoms with Gasteiger partial charge in [0.15, 0.2) is 0 Å². The molecule has 0 aromatic carbocycles. The van der Waals surface area contributed by atoms with Crippen LogP contribution >= 0.6 is 12.4 Å². The van der Waals surface area contributed by atoms with Crippen LogP contribution in [0.3, 0.4) is 0 Å². The van der Waals surface area contributed by atoms with E-state index < -0.39 is 43.0 Å². The number of hydrogen-bond donors (Lipinski definition) is 1. The Morgan fingerprint density at radius 2 is 2.27 bits per heavy atom. The van der Waals surface area contributed by atoms with Crippen molar-refractivity contribution in [3.63, 3.8) is 0 Å². The Morgan fingerprint density at radius 3 is 2.82 bits per heavy atom. The predicted molar refractivity (Wildman–Crippen MR) is 71.9 cm³/mol. The number of nitrogens with zero attached hydrogens (tertiary/aromatic N) is 2. The van der Waals surface area contributed by atoms with Gasteiger partial charge in [-0.15, -0.1) is 12.4 Å². The number of alkyl halides is 4. The van der Waals surface area contributed by atoms with Gasteiger partial charge in [0.2, 0.25) is 0 Å². The van der Waals surface area contributed by atoms with Gasteiger partial charge >= 0.3 is 5.97 Å². The number of carbonyl (C=O) groups excluding carboxylic acids is 1. The van der Waals surface area contributed by atoms with Crippen LogP contribution in [0.1, 0.15) is 41.9 Å². The Labute approximate surface area is 130 Å². The van der Waals surface area contributed by atoms with E-state index in [-0.39, 0.29) is 31.1 Å². The van der Waals surface area contributed by atoms with Crippen LogP contribution in [-0.2, 0) is 4.74 Å². The maximum absolute atomic E-state index is 13.4. The third kappa shape index (κ3) is 3.89. The number of nitrogens with one attached hydrogen (secondary N) is 1. The first kappa shape index (κ1) is 18.7. The third-order valence-corrected chi connectivity index (χ3v) is 3.18. The van der Waals surface area contributed by atoms with Crippen molar-refractivity contribution in [3.8, 4) is 0 Å². The van der Waals surface area contributed by atoms with Crippen LogP contribution in [0.25, 0.3) is 0 Å². The highest BCUT2D eigenvalue weighted by Crippen LogP contribution is 2.33. The van der Waals surface area contributed by atoms with Crippen molar-refractivity contribution in [2.24, 2.45) is 0 Å². The van der Waals surface area contributed by atoms with Crippen LogP contribution in [-0.4, -0.2) is 41.4 Å². The normalized spacial score (nSPS) is 20.5. The minimum absolute atomic E-state index is 0. The molecule has 5 nitrogen and oxygen atoms in total. The van der Waals surface area contributed by atoms with E-state index in [0.29, 0.717) is 0 Å². The average Bonchev–Trinajstić information content (AvgIpc) is 2.82. The molecule has 1 aliphatic rings. The third-order valence-electron chi connectivity index (χ3n) is 3.18. The van der Waals surface area contributed by atoms with Gasteiger partial charge in [0.1, 0.15) is 11.3 Å². The van der Waals surface area contributed by atoms with Crippen LogP contribution < -0.4 is 5.32 Å². The molecule has 0 bridgehead atoms.